The molecule has 0 unspecified atom stereocenters. The monoisotopic (exact) mass is 372 g/mol. The number of rotatable bonds is 4. The summed E-state index contributed by atoms with van der Waals surface area (Å²) in [4.78, 5) is 0. The van der Waals surface area contributed by atoms with E-state index in [1.54, 1.807) is 18.2 Å². The molecular weight excluding hydrogens is 352 g/mol. The van der Waals surface area contributed by atoms with Crippen molar-refractivity contribution in [1.29, 1.82) is 0 Å². The molecule has 3 heterocycles. The van der Waals surface area contributed by atoms with Gasteiger partial charge in [0.25, 0.3) is 0 Å². The molecule has 142 valence electrons. The predicted molar refractivity (Wildman–Crippen MR) is 93.3 cm³/mol. The van der Waals surface area contributed by atoms with E-state index in [0.717, 1.165) is 17.1 Å². The van der Waals surface area contributed by atoms with Crippen molar-refractivity contribution in [3.8, 4) is 28.7 Å². The van der Waals surface area contributed by atoms with Gasteiger partial charge in [-0.05, 0) is 29.8 Å². The SMILES string of the molecule is COc1cc(O[C@H]2OC[C@H]3[C@@H]2CO[C@@H]3c2ccc3c(c2)OCO3)ccc1O. The molecule has 3 aliphatic heterocycles. The zero-order chi connectivity index (χ0) is 18.4. The van der Waals surface area contributed by atoms with Crippen LogP contribution in [0.1, 0.15) is 11.7 Å². The summed E-state index contributed by atoms with van der Waals surface area (Å²) in [7, 11) is 1.50. The maximum atomic E-state index is 9.72. The highest BCUT2D eigenvalue weighted by Gasteiger charge is 2.49. The molecule has 0 aliphatic carbocycles. The number of methoxy groups -OCH3 is 1. The molecule has 4 atom stereocenters. The van der Waals surface area contributed by atoms with Crippen molar-refractivity contribution in [2.45, 2.75) is 12.4 Å². The number of phenolic OH excluding ortho intramolecular Hbond substituents is 1. The Labute approximate surface area is 156 Å². The second kappa shape index (κ2) is 6.51. The topological polar surface area (TPSA) is 75.6 Å². The minimum Gasteiger partial charge on any atom is -0.504 e. The Morgan fingerprint density at radius 1 is 0.963 bits per heavy atom. The Bertz CT molecular complexity index is 852. The highest BCUT2D eigenvalue weighted by atomic mass is 16.7. The summed E-state index contributed by atoms with van der Waals surface area (Å²) in [6.45, 7) is 1.37. The Hall–Kier alpha value is -2.64. The van der Waals surface area contributed by atoms with E-state index in [9.17, 15) is 5.11 Å². The summed E-state index contributed by atoms with van der Waals surface area (Å²) in [5.74, 6) is 2.86. The van der Waals surface area contributed by atoms with Crippen LogP contribution in [0.15, 0.2) is 36.4 Å². The van der Waals surface area contributed by atoms with E-state index in [-0.39, 0.29) is 30.5 Å². The van der Waals surface area contributed by atoms with E-state index in [1.807, 2.05) is 18.2 Å². The molecular formula is C20H20O7. The van der Waals surface area contributed by atoms with E-state index in [4.69, 9.17) is 28.4 Å². The molecule has 7 nitrogen and oxygen atoms in total. The summed E-state index contributed by atoms with van der Waals surface area (Å²) >= 11 is 0. The van der Waals surface area contributed by atoms with Crippen LogP contribution in [0.4, 0.5) is 0 Å². The standard InChI is InChI=1S/C20H20O7/c1-22-17-7-12(3-4-15(17)21)27-20-14-9-23-19(13(14)8-24-20)11-2-5-16-18(6-11)26-10-25-16/h2-7,13-14,19-21H,8-10H2,1H3/t13-,14-,19+,20+/m0/s1. The van der Waals surface area contributed by atoms with Crippen LogP contribution in [0.3, 0.4) is 0 Å². The van der Waals surface area contributed by atoms with Gasteiger partial charge in [-0.1, -0.05) is 6.07 Å². The fraction of sp³-hybridized carbons (Fsp3) is 0.400. The Kier molecular flexibility index (Phi) is 3.98. The van der Waals surface area contributed by atoms with Gasteiger partial charge in [0, 0.05) is 12.0 Å². The van der Waals surface area contributed by atoms with Crippen LogP contribution in [0, 0.1) is 11.8 Å². The first-order chi connectivity index (χ1) is 13.2. The van der Waals surface area contributed by atoms with Gasteiger partial charge in [-0.2, -0.15) is 0 Å². The van der Waals surface area contributed by atoms with Crippen LogP contribution in [0.5, 0.6) is 28.7 Å². The lowest BCUT2D eigenvalue weighted by atomic mass is 9.89. The van der Waals surface area contributed by atoms with Crippen molar-refractivity contribution in [1.82, 2.24) is 0 Å². The molecule has 0 saturated carbocycles. The lowest BCUT2D eigenvalue weighted by Gasteiger charge is -2.18. The molecule has 2 aromatic carbocycles. The zero-order valence-electron chi connectivity index (χ0n) is 14.8. The van der Waals surface area contributed by atoms with Crippen molar-refractivity contribution >= 4 is 0 Å². The second-order valence-corrected chi connectivity index (χ2v) is 6.85. The molecule has 1 N–H and O–H groups in total. The minimum absolute atomic E-state index is 0.0625. The average Bonchev–Trinajstić information content (AvgIpc) is 3.39. The number of hydrogen-bond donors (Lipinski definition) is 1. The Morgan fingerprint density at radius 3 is 2.70 bits per heavy atom. The van der Waals surface area contributed by atoms with Crippen LogP contribution >= 0.6 is 0 Å². The van der Waals surface area contributed by atoms with Crippen molar-refractivity contribution in [2.75, 3.05) is 27.1 Å². The average molecular weight is 372 g/mol. The van der Waals surface area contributed by atoms with Gasteiger partial charge in [-0.3, -0.25) is 0 Å². The molecule has 2 aromatic rings. The van der Waals surface area contributed by atoms with E-state index in [2.05, 4.69) is 0 Å². The van der Waals surface area contributed by atoms with Crippen molar-refractivity contribution < 1.29 is 33.5 Å². The molecule has 0 aromatic heterocycles. The number of ether oxygens (including phenoxy) is 6. The maximum absolute atomic E-state index is 9.72. The van der Waals surface area contributed by atoms with Crippen LogP contribution < -0.4 is 18.9 Å². The van der Waals surface area contributed by atoms with Gasteiger partial charge in [0.15, 0.2) is 23.0 Å². The van der Waals surface area contributed by atoms with Crippen molar-refractivity contribution in [2.24, 2.45) is 11.8 Å². The molecule has 0 bridgehead atoms. The first-order valence-electron chi connectivity index (χ1n) is 8.89. The van der Waals surface area contributed by atoms with Crippen LogP contribution in [0.2, 0.25) is 0 Å². The fourth-order valence-electron chi connectivity index (χ4n) is 3.93. The molecule has 0 spiro atoms. The van der Waals surface area contributed by atoms with Gasteiger partial charge >= 0.3 is 0 Å². The largest absolute Gasteiger partial charge is 0.504 e. The fourth-order valence-corrected chi connectivity index (χ4v) is 3.93. The summed E-state index contributed by atoms with van der Waals surface area (Å²) in [5.41, 5.74) is 1.06. The zero-order valence-corrected chi connectivity index (χ0v) is 14.8. The van der Waals surface area contributed by atoms with Gasteiger partial charge in [0.2, 0.25) is 13.1 Å². The number of fused-ring (bicyclic) bond motifs is 2. The van der Waals surface area contributed by atoms with Crippen LogP contribution in [0.25, 0.3) is 0 Å². The molecule has 5 rings (SSSR count). The number of phenols is 1. The van der Waals surface area contributed by atoms with Gasteiger partial charge in [0.05, 0.1) is 32.3 Å². The third kappa shape index (κ3) is 2.83. The van der Waals surface area contributed by atoms with Gasteiger partial charge in [0.1, 0.15) is 5.75 Å². The molecule has 2 fully saturated rings. The number of benzene rings is 2. The third-order valence-corrected chi connectivity index (χ3v) is 5.34. The summed E-state index contributed by atoms with van der Waals surface area (Å²) in [6, 6.07) is 10.8. The predicted octanol–water partition coefficient (Wildman–Crippen LogP) is 2.87. The highest BCUT2D eigenvalue weighted by molar-refractivity contribution is 5.46. The van der Waals surface area contributed by atoms with E-state index >= 15 is 0 Å². The summed E-state index contributed by atoms with van der Waals surface area (Å²) in [6.07, 6.45) is -0.462. The summed E-state index contributed by atoms with van der Waals surface area (Å²) in [5, 5.41) is 9.72. The summed E-state index contributed by atoms with van der Waals surface area (Å²) < 4.78 is 34.0. The lowest BCUT2D eigenvalue weighted by molar-refractivity contribution is -0.0788. The lowest BCUT2D eigenvalue weighted by Crippen LogP contribution is -2.26. The van der Waals surface area contributed by atoms with E-state index in [1.165, 1.54) is 7.11 Å². The molecule has 7 heteroatoms. The minimum atomic E-state index is -0.400. The molecule has 27 heavy (non-hydrogen) atoms. The smallest absolute Gasteiger partial charge is 0.231 e. The quantitative estimate of drug-likeness (QED) is 0.884. The van der Waals surface area contributed by atoms with E-state index in [0.29, 0.717) is 24.7 Å². The number of aromatic hydroxyl groups is 1. The Morgan fingerprint density at radius 2 is 1.81 bits per heavy atom. The van der Waals surface area contributed by atoms with Gasteiger partial charge in [-0.15, -0.1) is 0 Å². The first kappa shape index (κ1) is 16.5. The molecule has 2 saturated heterocycles. The highest BCUT2D eigenvalue weighted by Crippen LogP contribution is 2.47. The van der Waals surface area contributed by atoms with Gasteiger partial charge in [-0.25, -0.2) is 0 Å². The first-order valence-corrected chi connectivity index (χ1v) is 8.89. The molecule has 3 aliphatic rings. The number of hydrogen-bond acceptors (Lipinski definition) is 7. The van der Waals surface area contributed by atoms with E-state index < -0.39 is 6.29 Å². The normalized spacial score (nSPS) is 28.2. The van der Waals surface area contributed by atoms with Crippen molar-refractivity contribution in [3.05, 3.63) is 42.0 Å². The van der Waals surface area contributed by atoms with Gasteiger partial charge < -0.3 is 33.5 Å². The van der Waals surface area contributed by atoms with Crippen LogP contribution in [-0.2, 0) is 9.47 Å². The third-order valence-electron chi connectivity index (χ3n) is 5.34. The maximum Gasteiger partial charge on any atom is 0.231 e. The second-order valence-electron chi connectivity index (χ2n) is 6.85. The Balaban J connectivity index is 1.31. The molecule has 0 amide bonds. The van der Waals surface area contributed by atoms with Crippen molar-refractivity contribution in [3.63, 3.8) is 0 Å². The molecule has 0 radical (unpaired) electrons. The van der Waals surface area contributed by atoms with Crippen LogP contribution in [-0.4, -0.2) is 38.5 Å².